The maximum absolute atomic E-state index is 11.7. The number of aryl methyl sites for hydroxylation is 1. The number of rotatable bonds is 2. The van der Waals surface area contributed by atoms with Crippen molar-refractivity contribution in [3.8, 4) is 0 Å². The molecule has 1 aromatic rings. The van der Waals surface area contributed by atoms with E-state index in [1.165, 1.54) is 0 Å². The SMILES string of the molecule is CCOC(=O)N1CCN(c2cc(C)c(N)cc2Br)CC1. The van der Waals surface area contributed by atoms with Crippen molar-refractivity contribution in [3.05, 3.63) is 22.2 Å². The molecule has 1 aliphatic rings. The van der Waals surface area contributed by atoms with Gasteiger partial charge in [0.25, 0.3) is 0 Å². The van der Waals surface area contributed by atoms with Crippen molar-refractivity contribution >= 4 is 33.4 Å². The van der Waals surface area contributed by atoms with Gasteiger partial charge in [0.2, 0.25) is 0 Å². The molecule has 1 amide bonds. The first kappa shape index (κ1) is 15.0. The molecule has 1 fully saturated rings. The molecule has 110 valence electrons. The molecular formula is C14H20BrN3O2. The molecule has 5 nitrogen and oxygen atoms in total. The molecule has 1 aliphatic heterocycles. The Morgan fingerprint density at radius 2 is 2.00 bits per heavy atom. The summed E-state index contributed by atoms with van der Waals surface area (Å²) in [5.41, 5.74) is 8.87. The first-order valence-electron chi connectivity index (χ1n) is 6.75. The Morgan fingerprint density at radius 3 is 2.60 bits per heavy atom. The standard InChI is InChI=1S/C14H20BrN3O2/c1-3-20-14(19)18-6-4-17(5-7-18)13-8-10(2)12(16)9-11(13)15/h8-9H,3-7,16H2,1-2H3. The van der Waals surface area contributed by atoms with Crippen molar-refractivity contribution in [2.75, 3.05) is 43.4 Å². The van der Waals surface area contributed by atoms with E-state index in [0.29, 0.717) is 19.7 Å². The molecule has 0 aromatic heterocycles. The van der Waals surface area contributed by atoms with Crippen LogP contribution < -0.4 is 10.6 Å². The van der Waals surface area contributed by atoms with E-state index < -0.39 is 0 Å². The Hall–Kier alpha value is -1.43. The molecule has 6 heteroatoms. The number of carbonyl (C=O) groups is 1. The lowest BCUT2D eigenvalue weighted by Crippen LogP contribution is -2.49. The van der Waals surface area contributed by atoms with Crippen LogP contribution in [0.15, 0.2) is 16.6 Å². The second-order valence-electron chi connectivity index (χ2n) is 4.83. The number of anilines is 2. The maximum Gasteiger partial charge on any atom is 0.409 e. The fourth-order valence-electron chi connectivity index (χ4n) is 2.27. The Labute approximate surface area is 127 Å². The van der Waals surface area contributed by atoms with E-state index in [4.69, 9.17) is 10.5 Å². The summed E-state index contributed by atoms with van der Waals surface area (Å²) in [6, 6.07) is 4.02. The first-order chi connectivity index (χ1) is 9.52. The van der Waals surface area contributed by atoms with Gasteiger partial charge in [-0.05, 0) is 47.5 Å². The predicted octanol–water partition coefficient (Wildman–Crippen LogP) is 2.62. The van der Waals surface area contributed by atoms with Gasteiger partial charge in [-0.1, -0.05) is 0 Å². The highest BCUT2D eigenvalue weighted by Crippen LogP contribution is 2.31. The van der Waals surface area contributed by atoms with Crippen molar-refractivity contribution in [2.45, 2.75) is 13.8 Å². The van der Waals surface area contributed by atoms with E-state index in [-0.39, 0.29) is 6.09 Å². The van der Waals surface area contributed by atoms with Gasteiger partial charge < -0.3 is 20.3 Å². The normalized spacial score (nSPS) is 15.3. The number of nitrogen functional groups attached to an aromatic ring is 1. The largest absolute Gasteiger partial charge is 0.450 e. The van der Waals surface area contributed by atoms with Crippen LogP contribution in [0.5, 0.6) is 0 Å². The summed E-state index contributed by atoms with van der Waals surface area (Å²) < 4.78 is 6.01. The first-order valence-corrected chi connectivity index (χ1v) is 7.54. The molecule has 0 bridgehead atoms. The van der Waals surface area contributed by atoms with E-state index in [1.807, 2.05) is 19.9 Å². The fraction of sp³-hybridized carbons (Fsp3) is 0.500. The van der Waals surface area contributed by atoms with Gasteiger partial charge in [0.15, 0.2) is 0 Å². The Morgan fingerprint density at radius 1 is 1.35 bits per heavy atom. The molecule has 0 unspecified atom stereocenters. The van der Waals surface area contributed by atoms with Crippen LogP contribution in [-0.2, 0) is 4.74 Å². The molecule has 2 N–H and O–H groups in total. The van der Waals surface area contributed by atoms with Gasteiger partial charge in [0, 0.05) is 36.3 Å². The number of nitrogens with two attached hydrogens (primary N) is 1. The lowest BCUT2D eigenvalue weighted by atomic mass is 10.1. The molecule has 1 aromatic carbocycles. The van der Waals surface area contributed by atoms with E-state index in [0.717, 1.165) is 34.5 Å². The van der Waals surface area contributed by atoms with Crippen LogP contribution in [0.3, 0.4) is 0 Å². The predicted molar refractivity (Wildman–Crippen MR) is 84.1 cm³/mol. The molecule has 0 saturated carbocycles. The Balaban J connectivity index is 2.04. The number of carbonyl (C=O) groups excluding carboxylic acids is 1. The van der Waals surface area contributed by atoms with Crippen LogP contribution >= 0.6 is 15.9 Å². The van der Waals surface area contributed by atoms with Gasteiger partial charge in [-0.15, -0.1) is 0 Å². The van der Waals surface area contributed by atoms with Crippen LogP contribution in [0.25, 0.3) is 0 Å². The summed E-state index contributed by atoms with van der Waals surface area (Å²) in [6.07, 6.45) is -0.222. The van der Waals surface area contributed by atoms with Crippen molar-refractivity contribution in [1.82, 2.24) is 4.90 Å². The minimum Gasteiger partial charge on any atom is -0.450 e. The third-order valence-electron chi connectivity index (χ3n) is 3.48. The quantitative estimate of drug-likeness (QED) is 0.840. The van der Waals surface area contributed by atoms with Crippen LogP contribution in [0, 0.1) is 6.92 Å². The van der Waals surface area contributed by atoms with Crippen LogP contribution in [0.1, 0.15) is 12.5 Å². The zero-order valence-corrected chi connectivity index (χ0v) is 13.4. The summed E-state index contributed by atoms with van der Waals surface area (Å²) in [4.78, 5) is 15.7. The number of hydrogen-bond donors (Lipinski definition) is 1. The topological polar surface area (TPSA) is 58.8 Å². The van der Waals surface area contributed by atoms with Gasteiger partial charge >= 0.3 is 6.09 Å². The molecule has 0 atom stereocenters. The molecule has 1 saturated heterocycles. The lowest BCUT2D eigenvalue weighted by molar-refractivity contribution is 0.105. The zero-order valence-electron chi connectivity index (χ0n) is 11.9. The number of piperazine rings is 1. The molecule has 0 radical (unpaired) electrons. The van der Waals surface area contributed by atoms with E-state index in [2.05, 4.69) is 26.9 Å². The van der Waals surface area contributed by atoms with E-state index in [9.17, 15) is 4.79 Å². The Kier molecular flexibility index (Phi) is 4.75. The van der Waals surface area contributed by atoms with Gasteiger partial charge in [0.1, 0.15) is 0 Å². The number of amides is 1. The molecule has 0 aliphatic carbocycles. The van der Waals surface area contributed by atoms with Crippen LogP contribution in [0.4, 0.5) is 16.2 Å². The summed E-state index contributed by atoms with van der Waals surface area (Å²) in [7, 11) is 0. The molecule has 0 spiro atoms. The van der Waals surface area contributed by atoms with Gasteiger partial charge in [-0.2, -0.15) is 0 Å². The smallest absolute Gasteiger partial charge is 0.409 e. The maximum atomic E-state index is 11.7. The minimum absolute atomic E-state index is 0.222. The molecule has 20 heavy (non-hydrogen) atoms. The monoisotopic (exact) mass is 341 g/mol. The minimum atomic E-state index is -0.222. The van der Waals surface area contributed by atoms with E-state index in [1.54, 1.807) is 4.90 Å². The number of nitrogens with zero attached hydrogens (tertiary/aromatic N) is 2. The highest BCUT2D eigenvalue weighted by atomic mass is 79.9. The number of benzene rings is 1. The average molecular weight is 342 g/mol. The molecule has 1 heterocycles. The summed E-state index contributed by atoms with van der Waals surface area (Å²) in [6.45, 7) is 7.18. The number of ether oxygens (including phenoxy) is 1. The van der Waals surface area contributed by atoms with Gasteiger partial charge in [-0.25, -0.2) is 4.79 Å². The number of hydrogen-bond acceptors (Lipinski definition) is 4. The average Bonchev–Trinajstić information content (AvgIpc) is 2.43. The Bertz CT molecular complexity index is 499. The van der Waals surface area contributed by atoms with Crippen LogP contribution in [0.2, 0.25) is 0 Å². The highest BCUT2D eigenvalue weighted by Gasteiger charge is 2.23. The molecular weight excluding hydrogens is 322 g/mol. The third-order valence-corrected chi connectivity index (χ3v) is 4.12. The molecule has 2 rings (SSSR count). The summed E-state index contributed by atoms with van der Waals surface area (Å²) >= 11 is 3.56. The second kappa shape index (κ2) is 6.35. The number of halogens is 1. The van der Waals surface area contributed by atoms with E-state index >= 15 is 0 Å². The van der Waals surface area contributed by atoms with Crippen molar-refractivity contribution in [1.29, 1.82) is 0 Å². The second-order valence-corrected chi connectivity index (χ2v) is 5.69. The summed E-state index contributed by atoms with van der Waals surface area (Å²) in [5.74, 6) is 0. The van der Waals surface area contributed by atoms with Gasteiger partial charge in [0.05, 0.1) is 12.3 Å². The summed E-state index contributed by atoms with van der Waals surface area (Å²) in [5, 5.41) is 0. The van der Waals surface area contributed by atoms with Gasteiger partial charge in [-0.3, -0.25) is 0 Å². The van der Waals surface area contributed by atoms with Crippen LogP contribution in [-0.4, -0.2) is 43.8 Å². The highest BCUT2D eigenvalue weighted by molar-refractivity contribution is 9.10. The third kappa shape index (κ3) is 3.17. The van der Waals surface area contributed by atoms with Crippen molar-refractivity contribution < 1.29 is 9.53 Å². The zero-order chi connectivity index (χ0) is 14.7. The van der Waals surface area contributed by atoms with Crippen molar-refractivity contribution in [3.63, 3.8) is 0 Å². The fourth-order valence-corrected chi connectivity index (χ4v) is 2.88. The van der Waals surface area contributed by atoms with Crippen molar-refractivity contribution in [2.24, 2.45) is 0 Å². The lowest BCUT2D eigenvalue weighted by Gasteiger charge is -2.36.